The van der Waals surface area contributed by atoms with Crippen molar-refractivity contribution in [2.45, 2.75) is 0 Å². The van der Waals surface area contributed by atoms with Gasteiger partial charge in [-0.15, -0.1) is 0 Å². The third-order valence-electron chi connectivity index (χ3n) is 3.16. The van der Waals surface area contributed by atoms with Crippen LogP contribution in [0.1, 0.15) is 5.56 Å². The molecule has 2 aromatic rings. The summed E-state index contributed by atoms with van der Waals surface area (Å²) in [7, 11) is 0. The maximum absolute atomic E-state index is 5.88. The van der Waals surface area contributed by atoms with Gasteiger partial charge in [0.15, 0.2) is 0 Å². The molecule has 0 aromatic heterocycles. The third kappa shape index (κ3) is 2.24. The third-order valence-corrected chi connectivity index (χ3v) is 3.94. The molecule has 1 aliphatic heterocycles. The lowest BCUT2D eigenvalue weighted by molar-refractivity contribution is 0.360. The number of allylic oxidation sites excluding steroid dienone is 4. The van der Waals surface area contributed by atoms with E-state index in [1.807, 2.05) is 36.4 Å². The molecule has 0 fully saturated rings. The van der Waals surface area contributed by atoms with E-state index >= 15 is 0 Å². The highest BCUT2D eigenvalue weighted by Gasteiger charge is 2.14. The van der Waals surface area contributed by atoms with E-state index in [4.69, 9.17) is 4.74 Å². The molecule has 0 saturated carbocycles. The number of benzene rings is 2. The van der Waals surface area contributed by atoms with Gasteiger partial charge in [-0.3, -0.25) is 0 Å². The second-order valence-corrected chi connectivity index (χ2v) is 5.20. The summed E-state index contributed by atoms with van der Waals surface area (Å²) in [6, 6.07) is 10.4. The molecule has 0 N–H and O–H groups in total. The van der Waals surface area contributed by atoms with Crippen LogP contribution in [0.15, 0.2) is 65.7 Å². The lowest BCUT2D eigenvalue weighted by Crippen LogP contribution is -1.98. The Morgan fingerprint density at radius 1 is 1.16 bits per heavy atom. The van der Waals surface area contributed by atoms with Gasteiger partial charge in [-0.25, -0.2) is 0 Å². The number of hydrogen-bond acceptors (Lipinski definition) is 1. The van der Waals surface area contributed by atoms with Crippen molar-refractivity contribution in [3.05, 3.63) is 71.3 Å². The van der Waals surface area contributed by atoms with E-state index in [2.05, 4.69) is 40.7 Å². The summed E-state index contributed by atoms with van der Waals surface area (Å²) < 4.78 is 6.87. The number of fused-ring (bicyclic) bond motifs is 2. The van der Waals surface area contributed by atoms with Crippen molar-refractivity contribution in [3.63, 3.8) is 0 Å². The summed E-state index contributed by atoms with van der Waals surface area (Å²) in [6.45, 7) is 4.68. The van der Waals surface area contributed by atoms with Gasteiger partial charge >= 0.3 is 0 Å². The Morgan fingerprint density at radius 3 is 2.89 bits per heavy atom. The Kier molecular flexibility index (Phi) is 3.26. The van der Waals surface area contributed by atoms with E-state index in [9.17, 15) is 0 Å². The van der Waals surface area contributed by atoms with Gasteiger partial charge in [-0.1, -0.05) is 49.1 Å². The molecule has 3 rings (SSSR count). The first-order valence-electron chi connectivity index (χ1n) is 6.14. The monoisotopic (exact) mass is 312 g/mol. The van der Waals surface area contributed by atoms with Crippen LogP contribution in [0, 0.1) is 0 Å². The minimum atomic E-state index is 0.557. The molecule has 0 radical (unpaired) electrons. The van der Waals surface area contributed by atoms with Gasteiger partial charge in [-0.2, -0.15) is 0 Å². The molecule has 94 valence electrons. The fourth-order valence-electron chi connectivity index (χ4n) is 2.19. The zero-order valence-corrected chi connectivity index (χ0v) is 12.0. The van der Waals surface area contributed by atoms with Crippen molar-refractivity contribution >= 4 is 32.3 Å². The van der Waals surface area contributed by atoms with E-state index < -0.39 is 0 Å². The normalized spacial score (nSPS) is 17.8. The number of hydrogen-bond donors (Lipinski definition) is 0. The lowest BCUT2D eigenvalue weighted by atomic mass is 10.0. The van der Waals surface area contributed by atoms with Gasteiger partial charge in [0.05, 0.1) is 4.47 Å². The summed E-state index contributed by atoms with van der Waals surface area (Å²) in [5, 5.41) is 2.33. The molecular weight excluding hydrogens is 300 g/mol. The molecule has 0 amide bonds. The van der Waals surface area contributed by atoms with Crippen molar-refractivity contribution in [1.29, 1.82) is 0 Å². The van der Waals surface area contributed by atoms with Gasteiger partial charge in [0.1, 0.15) is 12.4 Å². The van der Waals surface area contributed by atoms with Crippen LogP contribution in [0.4, 0.5) is 0 Å². The number of halogens is 1. The van der Waals surface area contributed by atoms with Crippen molar-refractivity contribution in [2.75, 3.05) is 6.61 Å². The maximum atomic E-state index is 5.88. The molecule has 2 heteroatoms. The molecule has 1 heterocycles. The van der Waals surface area contributed by atoms with Crippen molar-refractivity contribution in [1.82, 2.24) is 0 Å². The predicted molar refractivity (Wildman–Crippen MR) is 84.5 cm³/mol. The highest BCUT2D eigenvalue weighted by molar-refractivity contribution is 9.10. The van der Waals surface area contributed by atoms with E-state index in [-0.39, 0.29) is 0 Å². The number of ether oxygens (including phenoxy) is 1. The van der Waals surface area contributed by atoms with E-state index in [0.717, 1.165) is 26.7 Å². The zero-order valence-electron chi connectivity index (χ0n) is 10.4. The summed E-state index contributed by atoms with van der Waals surface area (Å²) in [4.78, 5) is 0. The van der Waals surface area contributed by atoms with Crippen LogP contribution in [0.3, 0.4) is 0 Å². The first kappa shape index (κ1) is 12.2. The Labute approximate surface area is 121 Å². The van der Waals surface area contributed by atoms with E-state index in [1.54, 1.807) is 0 Å². The zero-order chi connectivity index (χ0) is 13.2. The highest BCUT2D eigenvalue weighted by atomic mass is 79.9. The minimum absolute atomic E-state index is 0.557. The van der Waals surface area contributed by atoms with Crippen molar-refractivity contribution in [2.24, 2.45) is 0 Å². The summed E-state index contributed by atoms with van der Waals surface area (Å²) >= 11 is 3.67. The van der Waals surface area contributed by atoms with Gasteiger partial charge in [-0.05, 0) is 44.4 Å². The molecule has 1 nitrogen and oxygen atoms in total. The van der Waals surface area contributed by atoms with Crippen LogP contribution < -0.4 is 4.74 Å². The van der Waals surface area contributed by atoms with Crippen LogP contribution in [-0.4, -0.2) is 6.61 Å². The topological polar surface area (TPSA) is 9.23 Å². The quantitative estimate of drug-likeness (QED) is 0.656. The fourth-order valence-corrected chi connectivity index (χ4v) is 2.88. The molecule has 2 aromatic carbocycles. The van der Waals surface area contributed by atoms with Crippen LogP contribution in [0.5, 0.6) is 5.75 Å². The Hall–Kier alpha value is -1.80. The SMILES string of the molecule is C=C1/C=C\C=C/COc2c1cc1ccccc1c2Br. The molecule has 19 heavy (non-hydrogen) atoms. The average molecular weight is 313 g/mol. The smallest absolute Gasteiger partial charge is 0.142 e. The second-order valence-electron chi connectivity index (χ2n) is 4.41. The van der Waals surface area contributed by atoms with Crippen LogP contribution in [-0.2, 0) is 0 Å². The van der Waals surface area contributed by atoms with Gasteiger partial charge < -0.3 is 4.74 Å². The molecule has 0 unspecified atom stereocenters. The molecule has 0 saturated heterocycles. The predicted octanol–water partition coefficient (Wildman–Crippen LogP) is 5.12. The molecule has 0 bridgehead atoms. The first-order chi connectivity index (χ1) is 9.27. The molecular formula is C17H13BrO. The highest BCUT2D eigenvalue weighted by Crippen LogP contribution is 2.40. The van der Waals surface area contributed by atoms with Crippen LogP contribution >= 0.6 is 15.9 Å². The molecule has 1 aliphatic rings. The standard InChI is InChI=1S/C17H13BrO/c1-12-7-3-2-6-10-19-17-15(12)11-13-8-4-5-9-14(13)16(17)18/h2-9,11H,1,10H2/b6-2-,7-3-. The summed E-state index contributed by atoms with van der Waals surface area (Å²) in [5.74, 6) is 0.861. The molecule has 0 aliphatic carbocycles. The van der Waals surface area contributed by atoms with Gasteiger partial charge in [0.25, 0.3) is 0 Å². The Bertz CT molecular complexity index is 711. The largest absolute Gasteiger partial charge is 0.488 e. The van der Waals surface area contributed by atoms with E-state index in [0.29, 0.717) is 6.61 Å². The molecule has 0 spiro atoms. The van der Waals surface area contributed by atoms with Crippen LogP contribution in [0.25, 0.3) is 16.3 Å². The first-order valence-corrected chi connectivity index (χ1v) is 6.93. The summed E-state index contributed by atoms with van der Waals surface area (Å²) in [6.07, 6.45) is 7.96. The van der Waals surface area contributed by atoms with Gasteiger partial charge in [0.2, 0.25) is 0 Å². The summed E-state index contributed by atoms with van der Waals surface area (Å²) in [5.41, 5.74) is 1.98. The number of rotatable bonds is 0. The second kappa shape index (κ2) is 5.06. The Balaban J connectivity index is 2.31. The maximum Gasteiger partial charge on any atom is 0.142 e. The van der Waals surface area contributed by atoms with Crippen molar-refractivity contribution in [3.8, 4) is 5.75 Å². The van der Waals surface area contributed by atoms with Crippen molar-refractivity contribution < 1.29 is 4.74 Å². The molecule has 0 atom stereocenters. The fraction of sp³-hybridized carbons (Fsp3) is 0.0588. The lowest BCUT2D eigenvalue weighted by Gasteiger charge is -2.14. The Morgan fingerprint density at radius 2 is 2.00 bits per heavy atom. The minimum Gasteiger partial charge on any atom is -0.488 e. The van der Waals surface area contributed by atoms with E-state index in [1.165, 1.54) is 5.39 Å². The van der Waals surface area contributed by atoms with Gasteiger partial charge in [0, 0.05) is 5.56 Å². The van der Waals surface area contributed by atoms with Crippen LogP contribution in [0.2, 0.25) is 0 Å². The average Bonchev–Trinajstić information content (AvgIpc) is 2.51.